The van der Waals surface area contributed by atoms with Crippen molar-refractivity contribution in [3.05, 3.63) is 29.3 Å². The van der Waals surface area contributed by atoms with Gasteiger partial charge in [-0.25, -0.2) is 9.90 Å². The summed E-state index contributed by atoms with van der Waals surface area (Å²) in [7, 11) is 0. The van der Waals surface area contributed by atoms with Crippen LogP contribution in [0.4, 0.5) is 10.5 Å². The van der Waals surface area contributed by atoms with E-state index in [1.807, 2.05) is 26.0 Å². The van der Waals surface area contributed by atoms with Gasteiger partial charge in [-0.15, -0.1) is 0 Å². The second-order valence-corrected chi connectivity index (χ2v) is 2.73. The Morgan fingerprint density at radius 1 is 1.33 bits per heavy atom. The summed E-state index contributed by atoms with van der Waals surface area (Å²) in [5.74, 6) is 0. The van der Waals surface area contributed by atoms with Gasteiger partial charge in [0.15, 0.2) is 0 Å². The number of anilines is 1. The molecule has 3 heteroatoms. The number of nitrogens with one attached hydrogen (secondary N) is 1. The zero-order chi connectivity index (χ0) is 9.14. The molecule has 1 aromatic rings. The van der Waals surface area contributed by atoms with E-state index in [0.717, 1.165) is 11.1 Å². The van der Waals surface area contributed by atoms with Crippen molar-refractivity contribution in [1.82, 2.24) is 0 Å². The zero-order valence-corrected chi connectivity index (χ0v) is 7.05. The topological polar surface area (TPSA) is 49.0 Å². The highest BCUT2D eigenvalue weighted by atomic mass is 16.4. The summed E-state index contributed by atoms with van der Waals surface area (Å²) >= 11 is 0. The van der Waals surface area contributed by atoms with Crippen LogP contribution >= 0.6 is 0 Å². The van der Waals surface area contributed by atoms with Crippen molar-refractivity contribution in [1.29, 1.82) is 0 Å². The molecule has 12 heavy (non-hydrogen) atoms. The van der Waals surface area contributed by atoms with Crippen LogP contribution in [0.2, 0.25) is 0 Å². The quantitative estimate of drug-likeness (QED) is 0.680. The van der Waals surface area contributed by atoms with Crippen molar-refractivity contribution < 1.29 is 9.90 Å². The number of rotatable bonds is 1. The maximum Gasteiger partial charge on any atom is 0.454 e. The Morgan fingerprint density at radius 3 is 2.50 bits per heavy atom. The maximum absolute atomic E-state index is 10.2. The van der Waals surface area contributed by atoms with E-state index < -0.39 is 6.09 Å². The van der Waals surface area contributed by atoms with Crippen molar-refractivity contribution >= 4 is 11.8 Å². The third-order valence-electron chi connectivity index (χ3n) is 1.62. The molecule has 0 saturated heterocycles. The monoisotopic (exact) mass is 164 g/mol. The van der Waals surface area contributed by atoms with E-state index in [2.05, 4.69) is 5.32 Å². The Morgan fingerprint density at radius 2 is 2.00 bits per heavy atom. The SMILES string of the molecule is Cc1ccc(NC([O])=O)c(C)c1. The molecule has 1 radical (unpaired) electrons. The molecule has 0 aliphatic rings. The third kappa shape index (κ3) is 1.99. The normalized spacial score (nSPS) is 9.50. The molecule has 0 heterocycles. The van der Waals surface area contributed by atoms with E-state index in [4.69, 9.17) is 0 Å². The molecular formula is C9H10NO2. The van der Waals surface area contributed by atoms with Gasteiger partial charge in [-0.1, -0.05) is 17.7 Å². The molecule has 1 aromatic carbocycles. The number of benzene rings is 1. The van der Waals surface area contributed by atoms with Gasteiger partial charge >= 0.3 is 6.09 Å². The number of hydrogen-bond donors (Lipinski definition) is 1. The first-order chi connectivity index (χ1) is 5.59. The number of carbonyl (C=O) groups excluding carboxylic acids is 1. The first-order valence-corrected chi connectivity index (χ1v) is 3.65. The van der Waals surface area contributed by atoms with Crippen LogP contribution in [-0.2, 0) is 5.11 Å². The lowest BCUT2D eigenvalue weighted by Gasteiger charge is -2.04. The second kappa shape index (κ2) is 3.26. The van der Waals surface area contributed by atoms with Gasteiger partial charge in [0, 0.05) is 5.69 Å². The predicted molar refractivity (Wildman–Crippen MR) is 45.6 cm³/mol. The standard InChI is InChI=1S/C9H10NO2/c1-6-3-4-8(7(2)5-6)10-9(11)12/h3-5,10H,1-2H3. The first kappa shape index (κ1) is 8.59. The summed E-state index contributed by atoms with van der Waals surface area (Å²) in [6.07, 6.45) is -1.28. The molecule has 0 aromatic heterocycles. The largest absolute Gasteiger partial charge is 0.454 e. The molecule has 0 spiro atoms. The fourth-order valence-corrected chi connectivity index (χ4v) is 1.06. The van der Waals surface area contributed by atoms with E-state index in [1.165, 1.54) is 0 Å². The molecular weight excluding hydrogens is 154 g/mol. The Balaban J connectivity index is 2.93. The van der Waals surface area contributed by atoms with Crippen LogP contribution in [0.1, 0.15) is 11.1 Å². The van der Waals surface area contributed by atoms with E-state index >= 15 is 0 Å². The summed E-state index contributed by atoms with van der Waals surface area (Å²) < 4.78 is 0. The lowest BCUT2D eigenvalue weighted by molar-refractivity contribution is 0.185. The average molecular weight is 164 g/mol. The van der Waals surface area contributed by atoms with Crippen LogP contribution in [0.5, 0.6) is 0 Å². The predicted octanol–water partition coefficient (Wildman–Crippen LogP) is 2.27. The van der Waals surface area contributed by atoms with Gasteiger partial charge in [0.2, 0.25) is 0 Å². The summed E-state index contributed by atoms with van der Waals surface area (Å²) in [5.41, 5.74) is 2.59. The molecule has 0 bridgehead atoms. The Kier molecular flexibility index (Phi) is 2.33. The molecule has 3 nitrogen and oxygen atoms in total. The highest BCUT2D eigenvalue weighted by Crippen LogP contribution is 2.15. The van der Waals surface area contributed by atoms with Crippen molar-refractivity contribution in [2.45, 2.75) is 13.8 Å². The highest BCUT2D eigenvalue weighted by molar-refractivity contribution is 5.83. The van der Waals surface area contributed by atoms with Gasteiger partial charge in [-0.3, -0.25) is 5.32 Å². The minimum absolute atomic E-state index is 0.584. The van der Waals surface area contributed by atoms with E-state index in [-0.39, 0.29) is 0 Å². The van der Waals surface area contributed by atoms with Crippen LogP contribution in [0.3, 0.4) is 0 Å². The highest BCUT2D eigenvalue weighted by Gasteiger charge is 2.02. The Labute approximate surface area is 71.0 Å². The van der Waals surface area contributed by atoms with E-state index in [0.29, 0.717) is 5.69 Å². The fourth-order valence-electron chi connectivity index (χ4n) is 1.06. The van der Waals surface area contributed by atoms with Gasteiger partial charge in [-0.05, 0) is 25.5 Å². The Bertz CT molecular complexity index is 307. The van der Waals surface area contributed by atoms with Gasteiger partial charge in [0.1, 0.15) is 0 Å². The van der Waals surface area contributed by atoms with Gasteiger partial charge in [0.05, 0.1) is 0 Å². The fraction of sp³-hybridized carbons (Fsp3) is 0.222. The van der Waals surface area contributed by atoms with Crippen molar-refractivity contribution in [3.8, 4) is 0 Å². The molecule has 0 aliphatic carbocycles. The van der Waals surface area contributed by atoms with Crippen LogP contribution in [0.25, 0.3) is 0 Å². The lowest BCUT2D eigenvalue weighted by atomic mass is 10.1. The van der Waals surface area contributed by atoms with Gasteiger partial charge in [-0.2, -0.15) is 0 Å². The molecule has 1 rings (SSSR count). The van der Waals surface area contributed by atoms with Crippen LogP contribution in [0, 0.1) is 13.8 Å². The molecule has 1 amide bonds. The molecule has 0 atom stereocenters. The molecule has 63 valence electrons. The minimum Gasteiger partial charge on any atom is -0.288 e. The number of amides is 1. The lowest BCUT2D eigenvalue weighted by Crippen LogP contribution is -2.06. The van der Waals surface area contributed by atoms with Gasteiger partial charge < -0.3 is 0 Å². The summed E-state index contributed by atoms with van der Waals surface area (Å²) in [6.45, 7) is 3.80. The number of aryl methyl sites for hydroxylation is 2. The van der Waals surface area contributed by atoms with Crippen LogP contribution in [-0.4, -0.2) is 6.09 Å². The first-order valence-electron chi connectivity index (χ1n) is 3.65. The van der Waals surface area contributed by atoms with Crippen LogP contribution < -0.4 is 5.32 Å². The van der Waals surface area contributed by atoms with Crippen molar-refractivity contribution in [2.24, 2.45) is 0 Å². The molecule has 0 aliphatic heterocycles. The van der Waals surface area contributed by atoms with Crippen molar-refractivity contribution in [3.63, 3.8) is 0 Å². The molecule has 0 saturated carbocycles. The van der Waals surface area contributed by atoms with E-state index in [1.54, 1.807) is 6.07 Å². The summed E-state index contributed by atoms with van der Waals surface area (Å²) in [6, 6.07) is 5.48. The zero-order valence-electron chi connectivity index (χ0n) is 7.05. The average Bonchev–Trinajstić information content (AvgIpc) is 1.94. The summed E-state index contributed by atoms with van der Waals surface area (Å²) in [5, 5.41) is 12.4. The Hall–Kier alpha value is -1.51. The van der Waals surface area contributed by atoms with Crippen molar-refractivity contribution in [2.75, 3.05) is 5.32 Å². The molecule has 0 unspecified atom stereocenters. The number of carbonyl (C=O) groups is 1. The third-order valence-corrected chi connectivity index (χ3v) is 1.62. The number of hydrogen-bond acceptors (Lipinski definition) is 1. The van der Waals surface area contributed by atoms with Crippen LogP contribution in [0.15, 0.2) is 18.2 Å². The smallest absolute Gasteiger partial charge is 0.288 e. The second-order valence-electron chi connectivity index (χ2n) is 2.73. The molecule has 1 N–H and O–H groups in total. The minimum atomic E-state index is -1.28. The van der Waals surface area contributed by atoms with E-state index in [9.17, 15) is 9.90 Å². The molecule has 0 fully saturated rings. The van der Waals surface area contributed by atoms with Gasteiger partial charge in [0.25, 0.3) is 0 Å². The summed E-state index contributed by atoms with van der Waals surface area (Å²) in [4.78, 5) is 10.2. The maximum atomic E-state index is 10.2.